The SMILES string of the molecule is O=C(Nc1cccc2[nH]ccc12)NC1CCCC1. The van der Waals surface area contributed by atoms with Crippen molar-refractivity contribution < 1.29 is 4.79 Å². The Morgan fingerprint density at radius 3 is 2.89 bits per heavy atom. The summed E-state index contributed by atoms with van der Waals surface area (Å²) in [5, 5.41) is 6.99. The maximum Gasteiger partial charge on any atom is 0.319 e. The minimum absolute atomic E-state index is 0.101. The second-order valence-electron chi connectivity index (χ2n) is 4.82. The van der Waals surface area contributed by atoms with Gasteiger partial charge in [-0.3, -0.25) is 0 Å². The van der Waals surface area contributed by atoms with Gasteiger partial charge in [0, 0.05) is 23.1 Å². The standard InChI is InChI=1S/C14H17N3O/c18-14(16-10-4-1-2-5-10)17-13-7-3-6-12-11(13)8-9-15-12/h3,6-10,15H,1-2,4-5H2,(H2,16,17,18). The molecule has 0 radical (unpaired) electrons. The summed E-state index contributed by atoms with van der Waals surface area (Å²) in [5.74, 6) is 0. The smallest absolute Gasteiger partial charge is 0.319 e. The van der Waals surface area contributed by atoms with Crippen molar-refractivity contribution in [1.29, 1.82) is 0 Å². The van der Waals surface area contributed by atoms with Crippen LogP contribution in [0.1, 0.15) is 25.7 Å². The highest BCUT2D eigenvalue weighted by molar-refractivity contribution is 6.00. The molecule has 1 aliphatic carbocycles. The van der Waals surface area contributed by atoms with E-state index in [1.54, 1.807) is 0 Å². The van der Waals surface area contributed by atoms with Crippen LogP contribution in [0.25, 0.3) is 10.9 Å². The molecule has 4 nitrogen and oxygen atoms in total. The number of hydrogen-bond donors (Lipinski definition) is 3. The van der Waals surface area contributed by atoms with Gasteiger partial charge in [0.1, 0.15) is 0 Å². The molecule has 1 aromatic carbocycles. The summed E-state index contributed by atoms with van der Waals surface area (Å²) in [4.78, 5) is 15.0. The van der Waals surface area contributed by atoms with Gasteiger partial charge in [-0.1, -0.05) is 18.9 Å². The van der Waals surface area contributed by atoms with Gasteiger partial charge >= 0.3 is 6.03 Å². The number of amides is 2. The predicted molar refractivity (Wildman–Crippen MR) is 72.7 cm³/mol. The second kappa shape index (κ2) is 4.72. The van der Waals surface area contributed by atoms with Crippen molar-refractivity contribution in [3.05, 3.63) is 30.5 Å². The highest BCUT2D eigenvalue weighted by Gasteiger charge is 2.17. The van der Waals surface area contributed by atoms with E-state index in [9.17, 15) is 4.79 Å². The zero-order chi connectivity index (χ0) is 12.4. The number of aromatic amines is 1. The largest absolute Gasteiger partial charge is 0.361 e. The number of hydrogen-bond acceptors (Lipinski definition) is 1. The minimum atomic E-state index is -0.101. The van der Waals surface area contributed by atoms with Crippen LogP contribution in [0.5, 0.6) is 0 Å². The third-order valence-electron chi connectivity index (χ3n) is 3.53. The van der Waals surface area contributed by atoms with Crippen molar-refractivity contribution >= 4 is 22.6 Å². The highest BCUT2D eigenvalue weighted by atomic mass is 16.2. The van der Waals surface area contributed by atoms with Crippen molar-refractivity contribution in [2.24, 2.45) is 0 Å². The first-order valence-electron chi connectivity index (χ1n) is 6.46. The summed E-state index contributed by atoms with van der Waals surface area (Å²) in [6, 6.07) is 8.07. The summed E-state index contributed by atoms with van der Waals surface area (Å²) in [6.07, 6.45) is 6.52. The molecule has 3 rings (SSSR count). The summed E-state index contributed by atoms with van der Waals surface area (Å²) in [6.45, 7) is 0. The van der Waals surface area contributed by atoms with E-state index in [-0.39, 0.29) is 6.03 Å². The molecule has 0 unspecified atom stereocenters. The molecule has 2 aromatic rings. The van der Waals surface area contributed by atoms with Crippen molar-refractivity contribution in [3.8, 4) is 0 Å². The molecule has 2 amide bonds. The molecule has 0 bridgehead atoms. The molecule has 4 heteroatoms. The summed E-state index contributed by atoms with van der Waals surface area (Å²) < 4.78 is 0. The van der Waals surface area contributed by atoms with E-state index in [1.807, 2.05) is 30.5 Å². The zero-order valence-electron chi connectivity index (χ0n) is 10.2. The molecule has 3 N–H and O–H groups in total. The third kappa shape index (κ3) is 2.18. The van der Waals surface area contributed by atoms with Gasteiger partial charge in [-0.2, -0.15) is 0 Å². The molecule has 1 aromatic heterocycles. The summed E-state index contributed by atoms with van der Waals surface area (Å²) in [7, 11) is 0. The van der Waals surface area contributed by atoms with E-state index in [4.69, 9.17) is 0 Å². The predicted octanol–water partition coefficient (Wildman–Crippen LogP) is 3.23. The van der Waals surface area contributed by atoms with Gasteiger partial charge in [0.15, 0.2) is 0 Å². The van der Waals surface area contributed by atoms with Crippen molar-refractivity contribution in [3.63, 3.8) is 0 Å². The van der Waals surface area contributed by atoms with Crippen molar-refractivity contribution in [2.45, 2.75) is 31.7 Å². The van der Waals surface area contributed by atoms with Gasteiger partial charge in [-0.15, -0.1) is 0 Å². The first-order chi connectivity index (χ1) is 8.83. The fraction of sp³-hybridized carbons (Fsp3) is 0.357. The zero-order valence-corrected chi connectivity index (χ0v) is 10.2. The first kappa shape index (κ1) is 11.1. The molecular weight excluding hydrogens is 226 g/mol. The number of carbonyl (C=O) groups is 1. The average Bonchev–Trinajstić information content (AvgIpc) is 2.99. The molecule has 0 spiro atoms. The Hall–Kier alpha value is -1.97. The molecule has 0 aliphatic heterocycles. The Morgan fingerprint density at radius 2 is 2.06 bits per heavy atom. The van der Waals surface area contributed by atoms with Crippen LogP contribution in [-0.2, 0) is 0 Å². The lowest BCUT2D eigenvalue weighted by Crippen LogP contribution is -2.36. The Kier molecular flexibility index (Phi) is 2.92. The number of aromatic nitrogens is 1. The number of fused-ring (bicyclic) bond motifs is 1. The molecule has 1 heterocycles. The number of H-pyrrole nitrogens is 1. The number of carbonyl (C=O) groups excluding carboxylic acids is 1. The van der Waals surface area contributed by atoms with Crippen LogP contribution in [0.4, 0.5) is 10.5 Å². The molecule has 1 fully saturated rings. The minimum Gasteiger partial charge on any atom is -0.361 e. The van der Waals surface area contributed by atoms with Gasteiger partial charge in [-0.25, -0.2) is 4.79 Å². The monoisotopic (exact) mass is 243 g/mol. The lowest BCUT2D eigenvalue weighted by molar-refractivity contribution is 0.248. The van der Waals surface area contributed by atoms with E-state index in [1.165, 1.54) is 12.8 Å². The Bertz CT molecular complexity index is 555. The maximum absolute atomic E-state index is 11.9. The van der Waals surface area contributed by atoms with Crippen LogP contribution in [0.3, 0.4) is 0 Å². The van der Waals surface area contributed by atoms with E-state index >= 15 is 0 Å². The molecular formula is C14H17N3O. The summed E-state index contributed by atoms with van der Waals surface area (Å²) in [5.41, 5.74) is 1.89. The van der Waals surface area contributed by atoms with E-state index < -0.39 is 0 Å². The van der Waals surface area contributed by atoms with Gasteiger partial charge in [0.25, 0.3) is 0 Å². The van der Waals surface area contributed by atoms with Crippen LogP contribution in [-0.4, -0.2) is 17.1 Å². The van der Waals surface area contributed by atoms with E-state index in [0.717, 1.165) is 29.4 Å². The van der Waals surface area contributed by atoms with Crippen molar-refractivity contribution in [2.75, 3.05) is 5.32 Å². The quantitative estimate of drug-likeness (QED) is 0.745. The molecule has 0 saturated heterocycles. The molecule has 94 valence electrons. The van der Waals surface area contributed by atoms with Crippen LogP contribution >= 0.6 is 0 Å². The second-order valence-corrected chi connectivity index (χ2v) is 4.82. The lowest BCUT2D eigenvalue weighted by atomic mass is 10.2. The maximum atomic E-state index is 11.9. The summed E-state index contributed by atoms with van der Waals surface area (Å²) >= 11 is 0. The fourth-order valence-electron chi connectivity index (χ4n) is 2.61. The Balaban J connectivity index is 1.71. The fourth-order valence-corrected chi connectivity index (χ4v) is 2.61. The van der Waals surface area contributed by atoms with Gasteiger partial charge in [0.2, 0.25) is 0 Å². The topological polar surface area (TPSA) is 56.9 Å². The van der Waals surface area contributed by atoms with Gasteiger partial charge < -0.3 is 15.6 Å². The molecule has 1 aliphatic rings. The molecule has 1 saturated carbocycles. The average molecular weight is 243 g/mol. The van der Waals surface area contributed by atoms with Crippen molar-refractivity contribution in [1.82, 2.24) is 10.3 Å². The highest BCUT2D eigenvalue weighted by Crippen LogP contribution is 2.22. The van der Waals surface area contributed by atoms with E-state index in [2.05, 4.69) is 15.6 Å². The number of benzene rings is 1. The van der Waals surface area contributed by atoms with Crippen LogP contribution in [0, 0.1) is 0 Å². The van der Waals surface area contributed by atoms with Gasteiger partial charge in [-0.05, 0) is 31.0 Å². The van der Waals surface area contributed by atoms with Gasteiger partial charge in [0.05, 0.1) is 5.69 Å². The van der Waals surface area contributed by atoms with Crippen LogP contribution < -0.4 is 10.6 Å². The Morgan fingerprint density at radius 1 is 1.22 bits per heavy atom. The van der Waals surface area contributed by atoms with Crippen LogP contribution in [0.2, 0.25) is 0 Å². The van der Waals surface area contributed by atoms with E-state index in [0.29, 0.717) is 6.04 Å². The molecule has 0 atom stereocenters. The lowest BCUT2D eigenvalue weighted by Gasteiger charge is -2.13. The Labute approximate surface area is 106 Å². The normalized spacial score (nSPS) is 16.0. The molecule has 18 heavy (non-hydrogen) atoms. The number of urea groups is 1. The first-order valence-corrected chi connectivity index (χ1v) is 6.46. The number of rotatable bonds is 2. The number of anilines is 1. The third-order valence-corrected chi connectivity index (χ3v) is 3.53. The van der Waals surface area contributed by atoms with Crippen LogP contribution in [0.15, 0.2) is 30.5 Å². The number of nitrogens with one attached hydrogen (secondary N) is 3.